The van der Waals surface area contributed by atoms with Gasteiger partial charge in [0.05, 0.1) is 18.1 Å². The lowest BCUT2D eigenvalue weighted by Crippen LogP contribution is -2.54. The lowest BCUT2D eigenvalue weighted by atomic mass is 9.93. The quantitative estimate of drug-likeness (QED) is 0.165. The molecule has 8 heteroatoms. The van der Waals surface area contributed by atoms with Crippen LogP contribution in [0.25, 0.3) is 10.9 Å². The third kappa shape index (κ3) is 8.46. The predicted molar refractivity (Wildman–Crippen MR) is 181 cm³/mol. The van der Waals surface area contributed by atoms with Gasteiger partial charge < -0.3 is 10.2 Å². The number of para-hydroxylation sites is 1. The fraction of sp³-hybridized carbons (Fsp3) is 0.429. The minimum absolute atomic E-state index is 0.126. The summed E-state index contributed by atoms with van der Waals surface area (Å²) in [5.74, 6) is 2.38. The van der Waals surface area contributed by atoms with Crippen molar-refractivity contribution in [1.29, 1.82) is 0 Å². The summed E-state index contributed by atoms with van der Waals surface area (Å²) in [4.78, 5) is 17.5. The minimum Gasteiger partial charge on any atom is -0.369 e. The first-order valence-corrected chi connectivity index (χ1v) is 16.2. The molecule has 43 heavy (non-hydrogen) atoms. The largest absolute Gasteiger partial charge is 0.369 e. The maximum Gasteiger partial charge on any atom is 0.145 e. The number of rotatable bonds is 12. The molecule has 0 amide bonds. The van der Waals surface area contributed by atoms with Crippen LogP contribution in [0.3, 0.4) is 0 Å². The molecule has 0 radical (unpaired) electrons. The summed E-state index contributed by atoms with van der Waals surface area (Å²) in [5.41, 5.74) is 3.48. The molecule has 0 bridgehead atoms. The summed E-state index contributed by atoms with van der Waals surface area (Å²) in [6, 6.07) is 25.4. The van der Waals surface area contributed by atoms with Crippen LogP contribution in [0.4, 0.5) is 5.82 Å². The fourth-order valence-electron chi connectivity index (χ4n) is 6.15. The first-order chi connectivity index (χ1) is 20.8. The Bertz CT molecular complexity index is 1410. The van der Waals surface area contributed by atoms with E-state index in [2.05, 4.69) is 96.5 Å². The van der Waals surface area contributed by atoms with Crippen LogP contribution in [0.2, 0.25) is 10.0 Å². The normalized spacial score (nSPS) is 16.5. The molecule has 2 heterocycles. The van der Waals surface area contributed by atoms with Crippen molar-refractivity contribution < 1.29 is 0 Å². The van der Waals surface area contributed by atoms with Gasteiger partial charge in [0, 0.05) is 47.7 Å². The summed E-state index contributed by atoms with van der Waals surface area (Å²) in [7, 11) is 4.22. The van der Waals surface area contributed by atoms with Gasteiger partial charge in [-0.2, -0.15) is 0 Å². The summed E-state index contributed by atoms with van der Waals surface area (Å²) in [5, 5.41) is 6.19. The number of piperazine rings is 1. The molecular formula is C35H44Cl2N6. The molecule has 1 saturated heterocycles. The highest BCUT2D eigenvalue weighted by Crippen LogP contribution is 2.33. The maximum absolute atomic E-state index is 6.28. The maximum atomic E-state index is 6.28. The highest BCUT2D eigenvalue weighted by atomic mass is 35.5. The highest BCUT2D eigenvalue weighted by Gasteiger charge is 2.33. The lowest BCUT2D eigenvalue weighted by Gasteiger charge is -2.45. The molecule has 6 nitrogen and oxygen atoms in total. The van der Waals surface area contributed by atoms with E-state index < -0.39 is 0 Å². The Balaban J connectivity index is 1.39. The molecule has 1 aromatic heterocycles. The molecule has 1 unspecified atom stereocenters. The average Bonchev–Trinajstić information content (AvgIpc) is 2.98. The first-order valence-electron chi connectivity index (χ1n) is 15.4. The van der Waals surface area contributed by atoms with Crippen LogP contribution >= 0.6 is 23.2 Å². The smallest absolute Gasteiger partial charge is 0.145 e. The summed E-state index contributed by atoms with van der Waals surface area (Å²) < 4.78 is 0. The number of anilines is 1. The van der Waals surface area contributed by atoms with Crippen LogP contribution < -0.4 is 5.32 Å². The number of hydrogen-bond donors (Lipinski definition) is 1. The third-order valence-corrected chi connectivity index (χ3v) is 8.69. The standard InChI is InChI=1S/C35H44Cl2N6/c1-25(2)22-30-23-43(34(26-10-14-28(36)15-11-26)27-12-16-29(37)17-13-27)21-20-42(30)24-33-39-32-9-6-5-8-31(32)35(40-33)38-18-7-19-41(3)4/h5-6,8-17,25,30,34H,7,18-24H2,1-4H3,(H,38,39,40). The summed E-state index contributed by atoms with van der Waals surface area (Å²) >= 11 is 12.6. The molecule has 0 spiro atoms. The van der Waals surface area contributed by atoms with Gasteiger partial charge in [-0.3, -0.25) is 9.80 Å². The van der Waals surface area contributed by atoms with Crippen LogP contribution in [-0.4, -0.2) is 77.5 Å². The van der Waals surface area contributed by atoms with Crippen LogP contribution in [0, 0.1) is 5.92 Å². The van der Waals surface area contributed by atoms with Crippen molar-refractivity contribution in [2.24, 2.45) is 5.92 Å². The van der Waals surface area contributed by atoms with E-state index in [1.807, 2.05) is 24.3 Å². The van der Waals surface area contributed by atoms with Crippen molar-refractivity contribution in [3.63, 3.8) is 0 Å². The van der Waals surface area contributed by atoms with Gasteiger partial charge in [0.15, 0.2) is 0 Å². The van der Waals surface area contributed by atoms with E-state index in [4.69, 9.17) is 33.2 Å². The Labute approximate surface area is 267 Å². The van der Waals surface area contributed by atoms with Gasteiger partial charge in [-0.1, -0.05) is 73.4 Å². The number of nitrogens with zero attached hydrogens (tertiary/aromatic N) is 5. The predicted octanol–water partition coefficient (Wildman–Crippen LogP) is 7.62. The Kier molecular flexibility index (Phi) is 10.9. The van der Waals surface area contributed by atoms with Gasteiger partial charge in [-0.15, -0.1) is 0 Å². The van der Waals surface area contributed by atoms with Gasteiger partial charge in [0.25, 0.3) is 0 Å². The Morgan fingerprint density at radius 2 is 1.53 bits per heavy atom. The zero-order valence-corrected chi connectivity index (χ0v) is 27.3. The monoisotopic (exact) mass is 618 g/mol. The fourth-order valence-corrected chi connectivity index (χ4v) is 6.40. The molecule has 4 aromatic rings. The molecular weight excluding hydrogens is 575 g/mol. The zero-order chi connectivity index (χ0) is 30.3. The van der Waals surface area contributed by atoms with E-state index in [-0.39, 0.29) is 6.04 Å². The summed E-state index contributed by atoms with van der Waals surface area (Å²) in [6.07, 6.45) is 2.16. The van der Waals surface area contributed by atoms with Gasteiger partial charge >= 0.3 is 0 Å². The number of hydrogen-bond acceptors (Lipinski definition) is 6. The van der Waals surface area contributed by atoms with E-state index in [0.29, 0.717) is 12.0 Å². The van der Waals surface area contributed by atoms with Crippen molar-refractivity contribution >= 4 is 39.9 Å². The molecule has 0 aliphatic carbocycles. The van der Waals surface area contributed by atoms with E-state index in [1.165, 1.54) is 11.1 Å². The zero-order valence-electron chi connectivity index (χ0n) is 25.8. The Morgan fingerprint density at radius 3 is 2.16 bits per heavy atom. The number of nitrogens with one attached hydrogen (secondary N) is 1. The second-order valence-corrected chi connectivity index (χ2v) is 13.2. The second-order valence-electron chi connectivity index (χ2n) is 12.3. The number of halogens is 2. The molecule has 1 N–H and O–H groups in total. The van der Waals surface area contributed by atoms with Crippen LogP contribution in [0.5, 0.6) is 0 Å². The van der Waals surface area contributed by atoms with E-state index in [0.717, 1.165) is 84.7 Å². The van der Waals surface area contributed by atoms with Crippen molar-refractivity contribution in [2.45, 2.75) is 45.3 Å². The van der Waals surface area contributed by atoms with Crippen molar-refractivity contribution in [3.05, 3.63) is 99.8 Å². The average molecular weight is 620 g/mol. The van der Waals surface area contributed by atoms with Crippen molar-refractivity contribution in [1.82, 2.24) is 24.7 Å². The van der Waals surface area contributed by atoms with Crippen molar-refractivity contribution in [2.75, 3.05) is 52.1 Å². The second kappa shape index (κ2) is 14.8. The molecule has 1 aliphatic rings. The van der Waals surface area contributed by atoms with Crippen LogP contribution in [0.15, 0.2) is 72.8 Å². The topological polar surface area (TPSA) is 47.5 Å². The van der Waals surface area contributed by atoms with E-state index in [1.54, 1.807) is 0 Å². The number of benzene rings is 3. The molecule has 1 fully saturated rings. The van der Waals surface area contributed by atoms with Gasteiger partial charge in [-0.05, 0) is 86.9 Å². The van der Waals surface area contributed by atoms with Gasteiger partial charge in [-0.25, -0.2) is 9.97 Å². The molecule has 1 atom stereocenters. The van der Waals surface area contributed by atoms with E-state index in [9.17, 15) is 0 Å². The molecule has 1 aliphatic heterocycles. The van der Waals surface area contributed by atoms with Gasteiger partial charge in [0.2, 0.25) is 0 Å². The SMILES string of the molecule is CC(C)CC1CN(C(c2ccc(Cl)cc2)c2ccc(Cl)cc2)CCN1Cc1nc(NCCCN(C)C)c2ccccc2n1. The lowest BCUT2D eigenvalue weighted by molar-refractivity contribution is 0.0402. The van der Waals surface area contributed by atoms with Crippen molar-refractivity contribution in [3.8, 4) is 0 Å². The molecule has 3 aromatic carbocycles. The van der Waals surface area contributed by atoms with Crippen LogP contribution in [-0.2, 0) is 6.54 Å². The molecule has 0 saturated carbocycles. The first kappa shape index (κ1) is 31.7. The molecule has 228 valence electrons. The van der Waals surface area contributed by atoms with Gasteiger partial charge in [0.1, 0.15) is 11.6 Å². The van der Waals surface area contributed by atoms with E-state index >= 15 is 0 Å². The highest BCUT2D eigenvalue weighted by molar-refractivity contribution is 6.30. The third-order valence-electron chi connectivity index (χ3n) is 8.18. The Hall–Kier alpha value is -2.74. The Morgan fingerprint density at radius 1 is 0.884 bits per heavy atom. The number of aromatic nitrogens is 2. The minimum atomic E-state index is 0.126. The molecule has 5 rings (SSSR count). The van der Waals surface area contributed by atoms with Crippen LogP contribution in [0.1, 0.15) is 49.7 Å². The summed E-state index contributed by atoms with van der Waals surface area (Å²) in [6.45, 7) is 10.1. The number of fused-ring (bicyclic) bond motifs is 1.